The average Bonchev–Trinajstić information content (AvgIpc) is 3.75. The van der Waals surface area contributed by atoms with Crippen LogP contribution in [0.3, 0.4) is 0 Å². The van der Waals surface area contributed by atoms with Gasteiger partial charge in [-0.1, -0.05) is 79.9 Å². The van der Waals surface area contributed by atoms with E-state index in [0.717, 1.165) is 44.9 Å². The fraction of sp³-hybridized carbons (Fsp3) is 0. The number of rotatable bonds is 3. The Balaban J connectivity index is 1.59. The molecule has 2 aliphatic rings. The summed E-state index contributed by atoms with van der Waals surface area (Å²) in [5, 5.41) is 1.76. The van der Waals surface area contributed by atoms with E-state index in [2.05, 4.69) is 23.1 Å². The molecule has 8 bridgehead atoms. The highest BCUT2D eigenvalue weighted by Gasteiger charge is 2.22. The lowest BCUT2D eigenvalue weighted by Gasteiger charge is -1.99. The number of benzene rings is 3. The molecule has 198 valence electrons. The maximum absolute atomic E-state index is 11.7. The highest BCUT2D eigenvalue weighted by molar-refractivity contribution is 6.05. The van der Waals surface area contributed by atoms with Crippen LogP contribution in [0, 0.1) is 0 Å². The van der Waals surface area contributed by atoms with Crippen LogP contribution in [-0.2, 0) is 0 Å². The first-order valence-electron chi connectivity index (χ1n) is 13.2. The third-order valence-corrected chi connectivity index (χ3v) is 7.48. The van der Waals surface area contributed by atoms with Gasteiger partial charge in [0, 0.05) is 49.7 Å². The Bertz CT molecular complexity index is 2330. The van der Waals surface area contributed by atoms with Gasteiger partial charge in [-0.05, 0) is 12.1 Å². The summed E-state index contributed by atoms with van der Waals surface area (Å²) in [5.41, 5.74) is 7.43. The first kappa shape index (κ1) is 23.8. The molecule has 0 fully saturated rings. The van der Waals surface area contributed by atoms with Gasteiger partial charge in [0.2, 0.25) is 0 Å². The average molecular weight is 545 g/mol. The number of aromatic amines is 2. The van der Waals surface area contributed by atoms with Crippen LogP contribution in [0.1, 0.15) is 21.5 Å². The Kier molecular flexibility index (Phi) is 5.07. The highest BCUT2D eigenvalue weighted by Crippen LogP contribution is 2.37. The number of nitrogens with one attached hydrogen (secondary N) is 2. The van der Waals surface area contributed by atoms with Gasteiger partial charge in [-0.2, -0.15) is 0 Å². The molecule has 3 aromatic carbocycles. The molecular formula is C33H20N8O. The Labute approximate surface area is 238 Å². The second kappa shape index (κ2) is 8.97. The van der Waals surface area contributed by atoms with Crippen molar-refractivity contribution in [1.82, 2.24) is 39.9 Å². The number of aldehydes is 1. The van der Waals surface area contributed by atoms with Crippen molar-refractivity contribution in [2.24, 2.45) is 0 Å². The Hall–Kier alpha value is -6.09. The molecule has 42 heavy (non-hydrogen) atoms. The largest absolute Gasteiger partial charge is 0.324 e. The third kappa shape index (κ3) is 3.47. The van der Waals surface area contributed by atoms with E-state index in [4.69, 9.17) is 29.9 Å². The molecular weight excluding hydrogens is 524 g/mol. The van der Waals surface area contributed by atoms with Crippen LogP contribution in [-0.4, -0.2) is 46.2 Å². The molecule has 9 heteroatoms. The zero-order chi connectivity index (χ0) is 28.4. The summed E-state index contributed by atoms with van der Waals surface area (Å²) < 4.78 is 0. The van der Waals surface area contributed by atoms with Crippen molar-refractivity contribution in [3.8, 4) is 45.6 Å². The van der Waals surface area contributed by atoms with E-state index in [9.17, 15) is 4.79 Å². The van der Waals surface area contributed by atoms with Crippen LogP contribution in [0.2, 0.25) is 0 Å². The van der Waals surface area contributed by atoms with Crippen molar-refractivity contribution >= 4 is 51.8 Å². The molecule has 6 aromatic rings. The van der Waals surface area contributed by atoms with Crippen molar-refractivity contribution in [2.45, 2.75) is 0 Å². The van der Waals surface area contributed by atoms with Crippen molar-refractivity contribution in [1.29, 1.82) is 0 Å². The van der Waals surface area contributed by atoms with E-state index in [1.54, 1.807) is 24.3 Å². The van der Waals surface area contributed by atoms with E-state index in [-0.39, 0.29) is 0 Å². The number of H-pyrrole nitrogens is 2. The van der Waals surface area contributed by atoms with E-state index in [1.165, 1.54) is 0 Å². The van der Waals surface area contributed by atoms with Crippen molar-refractivity contribution in [3.63, 3.8) is 0 Å². The fourth-order valence-electron chi connectivity index (χ4n) is 5.51. The first-order valence-corrected chi connectivity index (χ1v) is 13.2. The minimum Gasteiger partial charge on any atom is -0.324 e. The SMILES string of the molecule is C=Cc1c(C=C)c2nc3nc(nc4[nH]c(nc5nc(nc1[nH]2)-c1ccccc1-5)c1ccccc41)-c1cc(C=O)ccc1-3. The molecule has 5 heterocycles. The van der Waals surface area contributed by atoms with E-state index in [0.29, 0.717) is 57.0 Å². The molecule has 0 saturated carbocycles. The van der Waals surface area contributed by atoms with Gasteiger partial charge >= 0.3 is 0 Å². The molecule has 0 spiro atoms. The molecule has 9 nitrogen and oxygen atoms in total. The summed E-state index contributed by atoms with van der Waals surface area (Å²) >= 11 is 0. The summed E-state index contributed by atoms with van der Waals surface area (Å²) in [7, 11) is 0. The summed E-state index contributed by atoms with van der Waals surface area (Å²) in [6.45, 7) is 8.03. The lowest BCUT2D eigenvalue weighted by atomic mass is 10.1. The monoisotopic (exact) mass is 544 g/mol. The van der Waals surface area contributed by atoms with Crippen molar-refractivity contribution in [2.75, 3.05) is 0 Å². The number of nitrogens with zero attached hydrogens (tertiary/aromatic N) is 6. The maximum atomic E-state index is 11.7. The number of hydrogen-bond acceptors (Lipinski definition) is 7. The standard InChI is InChI=1S/C33H20N8O/c1-3-18-19(4-2)27-34-26(18)35-28-20-9-5-6-10-21(20)29(37-28)38-30-22-11-7-8-12-23(22)31(39-30)40-33-25-15-17(16-42)13-14-24(25)32(36-27)41-33/h3-16H,1-2H2,(H2,34,35,36,37,38,39,40,41). The van der Waals surface area contributed by atoms with Gasteiger partial charge in [-0.15, -0.1) is 0 Å². The van der Waals surface area contributed by atoms with Crippen LogP contribution in [0.5, 0.6) is 0 Å². The normalized spacial score (nSPS) is 11.6. The Morgan fingerprint density at radius 2 is 0.976 bits per heavy atom. The summed E-state index contributed by atoms with van der Waals surface area (Å²) in [4.78, 5) is 47.9. The molecule has 0 atom stereocenters. The molecule has 8 rings (SSSR count). The lowest BCUT2D eigenvalue weighted by Crippen LogP contribution is -1.86. The van der Waals surface area contributed by atoms with Crippen molar-refractivity contribution < 1.29 is 4.79 Å². The van der Waals surface area contributed by atoms with Gasteiger partial charge in [-0.25, -0.2) is 29.9 Å². The van der Waals surface area contributed by atoms with Crippen LogP contribution >= 0.6 is 0 Å². The van der Waals surface area contributed by atoms with Crippen LogP contribution < -0.4 is 0 Å². The second-order valence-electron chi connectivity index (χ2n) is 9.86. The lowest BCUT2D eigenvalue weighted by molar-refractivity contribution is 0.112. The molecule has 3 aromatic heterocycles. The van der Waals surface area contributed by atoms with E-state index < -0.39 is 0 Å². The Morgan fingerprint density at radius 3 is 1.50 bits per heavy atom. The fourth-order valence-corrected chi connectivity index (χ4v) is 5.51. The number of fused-ring (bicyclic) bond motifs is 17. The topological polar surface area (TPSA) is 126 Å². The Morgan fingerprint density at radius 1 is 0.524 bits per heavy atom. The van der Waals surface area contributed by atoms with Gasteiger partial charge in [0.1, 0.15) is 28.9 Å². The molecule has 2 N–H and O–H groups in total. The van der Waals surface area contributed by atoms with Gasteiger partial charge < -0.3 is 9.97 Å². The van der Waals surface area contributed by atoms with Crippen LogP contribution in [0.25, 0.3) is 91.1 Å². The number of carbonyl (C=O) groups excluding carboxylic acids is 1. The zero-order valence-electron chi connectivity index (χ0n) is 22.1. The predicted octanol–water partition coefficient (Wildman–Crippen LogP) is 6.81. The number of hydrogen-bond donors (Lipinski definition) is 2. The molecule has 2 aliphatic heterocycles. The maximum Gasteiger partial charge on any atom is 0.164 e. The van der Waals surface area contributed by atoms with Gasteiger partial charge in [0.15, 0.2) is 23.3 Å². The third-order valence-electron chi connectivity index (χ3n) is 7.48. The van der Waals surface area contributed by atoms with Gasteiger partial charge in [-0.3, -0.25) is 4.79 Å². The summed E-state index contributed by atoms with van der Waals surface area (Å²) in [6.07, 6.45) is 4.24. The summed E-state index contributed by atoms with van der Waals surface area (Å²) in [5.74, 6) is 1.92. The molecule has 0 aliphatic carbocycles. The van der Waals surface area contributed by atoms with Gasteiger partial charge in [0.25, 0.3) is 0 Å². The van der Waals surface area contributed by atoms with E-state index >= 15 is 0 Å². The summed E-state index contributed by atoms with van der Waals surface area (Å²) in [6, 6.07) is 21.1. The molecule has 0 amide bonds. The molecule has 0 saturated heterocycles. The van der Waals surface area contributed by atoms with Gasteiger partial charge in [0.05, 0.1) is 0 Å². The molecule has 0 unspecified atom stereocenters. The first-order chi connectivity index (χ1) is 20.6. The van der Waals surface area contributed by atoms with Crippen LogP contribution in [0.15, 0.2) is 79.9 Å². The zero-order valence-corrected chi connectivity index (χ0v) is 22.1. The van der Waals surface area contributed by atoms with Crippen molar-refractivity contribution in [3.05, 3.63) is 96.6 Å². The number of carbonyl (C=O) groups is 1. The minimum atomic E-state index is 0.429. The predicted molar refractivity (Wildman–Crippen MR) is 164 cm³/mol. The highest BCUT2D eigenvalue weighted by atomic mass is 16.1. The minimum absolute atomic E-state index is 0.429. The number of aromatic nitrogens is 8. The smallest absolute Gasteiger partial charge is 0.164 e. The van der Waals surface area contributed by atoms with Crippen LogP contribution in [0.4, 0.5) is 0 Å². The quantitative estimate of drug-likeness (QED) is 0.234. The second-order valence-corrected chi connectivity index (χ2v) is 9.86. The molecule has 0 radical (unpaired) electrons. The van der Waals surface area contributed by atoms with E-state index in [1.807, 2.05) is 54.6 Å².